The second-order valence-corrected chi connectivity index (χ2v) is 9.52. The van der Waals surface area contributed by atoms with Crippen molar-refractivity contribution in [3.05, 3.63) is 84.2 Å². The van der Waals surface area contributed by atoms with Gasteiger partial charge in [-0.25, -0.2) is 14.6 Å². The van der Waals surface area contributed by atoms with Crippen LogP contribution in [0, 0.1) is 6.92 Å². The molecule has 0 radical (unpaired) electrons. The molecule has 1 amide bonds. The number of nitrogens with one attached hydrogen (secondary N) is 1. The van der Waals surface area contributed by atoms with Crippen molar-refractivity contribution in [3.8, 4) is 22.4 Å². The van der Waals surface area contributed by atoms with Gasteiger partial charge >= 0.3 is 12.1 Å². The van der Waals surface area contributed by atoms with Crippen LogP contribution in [-0.4, -0.2) is 38.2 Å². The van der Waals surface area contributed by atoms with Gasteiger partial charge in [0.2, 0.25) is 0 Å². The number of aryl methyl sites for hydroxylation is 1. The van der Waals surface area contributed by atoms with Gasteiger partial charge in [-0.1, -0.05) is 54.6 Å². The highest BCUT2D eigenvalue weighted by molar-refractivity contribution is 5.81. The van der Waals surface area contributed by atoms with Crippen LogP contribution < -0.4 is 5.32 Å². The second kappa shape index (κ2) is 9.62. The van der Waals surface area contributed by atoms with E-state index < -0.39 is 23.7 Å². The van der Waals surface area contributed by atoms with Crippen LogP contribution in [0.2, 0.25) is 0 Å². The lowest BCUT2D eigenvalue weighted by Gasteiger charge is -2.22. The molecular weight excluding hydrogens is 442 g/mol. The smallest absolute Gasteiger partial charge is 0.408 e. The molecule has 0 fully saturated rings. The largest absolute Gasteiger partial charge is 0.480 e. The first kappa shape index (κ1) is 24.0. The van der Waals surface area contributed by atoms with Gasteiger partial charge < -0.3 is 19.6 Å². The molecule has 0 aliphatic heterocycles. The number of carboxylic acid groups (broad SMARTS) is 1. The molecule has 35 heavy (non-hydrogen) atoms. The number of carbonyl (C=O) groups excluding carboxylic acids is 1. The zero-order chi connectivity index (χ0) is 25.2. The summed E-state index contributed by atoms with van der Waals surface area (Å²) < 4.78 is 7.15. The van der Waals surface area contributed by atoms with E-state index in [4.69, 9.17) is 9.72 Å². The molecule has 2 aromatic carbocycles. The number of ether oxygens (including phenoxy) is 1. The van der Waals surface area contributed by atoms with Gasteiger partial charge in [-0.2, -0.15) is 0 Å². The molecule has 4 aromatic rings. The Morgan fingerprint density at radius 2 is 1.63 bits per heavy atom. The van der Waals surface area contributed by atoms with E-state index in [9.17, 15) is 14.7 Å². The number of hydrogen-bond donors (Lipinski definition) is 2. The molecule has 0 aliphatic carbocycles. The Balaban J connectivity index is 1.71. The fourth-order valence-electron chi connectivity index (χ4n) is 3.92. The molecule has 2 N–H and O–H groups in total. The number of benzene rings is 2. The Bertz CT molecular complexity index is 1350. The molecule has 1 unspecified atom stereocenters. The van der Waals surface area contributed by atoms with Crippen LogP contribution in [0.1, 0.15) is 32.0 Å². The van der Waals surface area contributed by atoms with Crippen LogP contribution in [0.3, 0.4) is 0 Å². The van der Waals surface area contributed by atoms with Crippen molar-refractivity contribution in [1.82, 2.24) is 14.7 Å². The van der Waals surface area contributed by atoms with Gasteiger partial charge in [0.1, 0.15) is 17.3 Å². The SMILES string of the molecule is Cc1ccn2c(CC(NC(=O)OC(C)(C)C)C(=O)O)c(-c3ccc(-c4ccccc4)cc3)nc2c1. The number of carbonyl (C=O) groups is 2. The Morgan fingerprint density at radius 3 is 2.26 bits per heavy atom. The van der Waals surface area contributed by atoms with Crippen molar-refractivity contribution in [1.29, 1.82) is 0 Å². The minimum absolute atomic E-state index is 0.0363. The maximum atomic E-state index is 12.3. The Kier molecular flexibility index (Phi) is 6.60. The Hall–Kier alpha value is -4.13. The predicted octanol–water partition coefficient (Wildman–Crippen LogP) is 5.50. The lowest BCUT2D eigenvalue weighted by Crippen LogP contribution is -2.44. The molecule has 7 heteroatoms. The third-order valence-electron chi connectivity index (χ3n) is 5.53. The minimum atomic E-state index is -1.19. The molecule has 2 heterocycles. The van der Waals surface area contributed by atoms with Crippen molar-refractivity contribution >= 4 is 17.7 Å². The number of aromatic nitrogens is 2. The monoisotopic (exact) mass is 471 g/mol. The molecule has 4 rings (SSSR count). The maximum absolute atomic E-state index is 12.3. The summed E-state index contributed by atoms with van der Waals surface area (Å²) in [6.07, 6.45) is 1.14. The topological polar surface area (TPSA) is 92.9 Å². The summed E-state index contributed by atoms with van der Waals surface area (Å²) in [5.41, 5.74) is 5.43. The standard InChI is InChI=1S/C28H29N3O4/c1-18-14-15-31-23(17-22(26(32)33)29-27(34)35-28(2,3)4)25(30-24(31)16-18)21-12-10-20(11-13-21)19-8-6-5-7-9-19/h5-16,22H,17H2,1-4H3,(H,29,34)(H,32,33). The van der Waals surface area contributed by atoms with E-state index in [1.807, 2.05) is 84.3 Å². The van der Waals surface area contributed by atoms with Gasteiger partial charge in [-0.05, 0) is 56.5 Å². The number of amides is 1. The number of pyridine rings is 1. The summed E-state index contributed by atoms with van der Waals surface area (Å²) in [7, 11) is 0. The third-order valence-corrected chi connectivity index (χ3v) is 5.53. The summed E-state index contributed by atoms with van der Waals surface area (Å²) in [5, 5.41) is 12.4. The number of rotatable bonds is 6. The summed E-state index contributed by atoms with van der Waals surface area (Å²) in [5.74, 6) is -1.15. The number of hydrogen-bond acceptors (Lipinski definition) is 4. The lowest BCUT2D eigenvalue weighted by atomic mass is 10.0. The molecule has 7 nitrogen and oxygen atoms in total. The number of carboxylic acids is 1. The van der Waals surface area contributed by atoms with Crippen LogP contribution in [0.25, 0.3) is 28.0 Å². The van der Waals surface area contributed by atoms with E-state index in [1.165, 1.54) is 0 Å². The Labute approximate surface area is 204 Å². The van der Waals surface area contributed by atoms with Crippen molar-refractivity contribution in [2.75, 3.05) is 0 Å². The van der Waals surface area contributed by atoms with E-state index in [-0.39, 0.29) is 6.42 Å². The number of nitrogens with zero attached hydrogens (tertiary/aromatic N) is 2. The van der Waals surface area contributed by atoms with E-state index in [0.29, 0.717) is 17.0 Å². The van der Waals surface area contributed by atoms with Crippen LogP contribution in [0.4, 0.5) is 4.79 Å². The first-order valence-electron chi connectivity index (χ1n) is 11.5. The normalized spacial score (nSPS) is 12.3. The molecule has 0 saturated carbocycles. The van der Waals surface area contributed by atoms with Gasteiger partial charge in [-0.15, -0.1) is 0 Å². The fourth-order valence-corrected chi connectivity index (χ4v) is 3.92. The molecule has 0 bridgehead atoms. The summed E-state index contributed by atoms with van der Waals surface area (Å²) in [6.45, 7) is 7.16. The van der Waals surface area contributed by atoms with Crippen molar-refractivity contribution < 1.29 is 19.4 Å². The summed E-state index contributed by atoms with van der Waals surface area (Å²) in [6, 6.07) is 20.8. The molecule has 0 saturated heterocycles. The average molecular weight is 472 g/mol. The zero-order valence-corrected chi connectivity index (χ0v) is 20.3. The van der Waals surface area contributed by atoms with Crippen LogP contribution >= 0.6 is 0 Å². The molecule has 2 aromatic heterocycles. The molecular formula is C28H29N3O4. The van der Waals surface area contributed by atoms with E-state index in [0.717, 1.165) is 22.3 Å². The zero-order valence-electron chi connectivity index (χ0n) is 20.3. The highest BCUT2D eigenvalue weighted by Crippen LogP contribution is 2.29. The molecule has 0 aliphatic rings. The van der Waals surface area contributed by atoms with Gasteiger partial charge in [0.25, 0.3) is 0 Å². The van der Waals surface area contributed by atoms with Gasteiger partial charge in [0, 0.05) is 18.2 Å². The van der Waals surface area contributed by atoms with E-state index in [2.05, 4.69) is 5.32 Å². The van der Waals surface area contributed by atoms with Crippen LogP contribution in [-0.2, 0) is 16.0 Å². The van der Waals surface area contributed by atoms with Gasteiger partial charge in [0.05, 0.1) is 11.4 Å². The highest BCUT2D eigenvalue weighted by Gasteiger charge is 2.27. The van der Waals surface area contributed by atoms with Crippen molar-refractivity contribution in [2.24, 2.45) is 0 Å². The van der Waals surface area contributed by atoms with Crippen LogP contribution in [0.15, 0.2) is 72.9 Å². The first-order valence-corrected chi connectivity index (χ1v) is 11.5. The maximum Gasteiger partial charge on any atom is 0.408 e. The average Bonchev–Trinajstić information content (AvgIpc) is 3.15. The van der Waals surface area contributed by atoms with Crippen molar-refractivity contribution in [2.45, 2.75) is 45.8 Å². The third kappa shape index (κ3) is 5.69. The molecule has 180 valence electrons. The number of aliphatic carboxylic acids is 1. The predicted molar refractivity (Wildman–Crippen MR) is 135 cm³/mol. The number of imidazole rings is 1. The van der Waals surface area contributed by atoms with Crippen molar-refractivity contribution in [3.63, 3.8) is 0 Å². The number of fused-ring (bicyclic) bond motifs is 1. The highest BCUT2D eigenvalue weighted by atomic mass is 16.6. The Morgan fingerprint density at radius 1 is 1.00 bits per heavy atom. The van der Waals surface area contributed by atoms with E-state index in [1.54, 1.807) is 20.8 Å². The quantitative estimate of drug-likeness (QED) is 0.387. The second-order valence-electron chi connectivity index (χ2n) is 9.52. The minimum Gasteiger partial charge on any atom is -0.480 e. The molecule has 0 spiro atoms. The summed E-state index contributed by atoms with van der Waals surface area (Å²) in [4.78, 5) is 29.2. The number of alkyl carbamates (subject to hydrolysis) is 1. The van der Waals surface area contributed by atoms with Crippen LogP contribution in [0.5, 0.6) is 0 Å². The van der Waals surface area contributed by atoms with E-state index >= 15 is 0 Å². The molecule has 1 atom stereocenters. The summed E-state index contributed by atoms with van der Waals surface area (Å²) >= 11 is 0. The first-order chi connectivity index (χ1) is 16.6. The van der Waals surface area contributed by atoms with Gasteiger partial charge in [-0.3, -0.25) is 0 Å². The van der Waals surface area contributed by atoms with Gasteiger partial charge in [0.15, 0.2) is 0 Å². The fraction of sp³-hybridized carbons (Fsp3) is 0.250. The lowest BCUT2D eigenvalue weighted by molar-refractivity contribution is -0.139.